The number of rotatable bonds is 5. The number of halogens is 1. The lowest BCUT2D eigenvalue weighted by Gasteiger charge is -2.13. The van der Waals surface area contributed by atoms with Crippen LogP contribution in [0.2, 0.25) is 0 Å². The first kappa shape index (κ1) is 14.5. The molecule has 1 atom stereocenters. The van der Waals surface area contributed by atoms with Crippen LogP contribution in [0.4, 0.5) is 15.8 Å². The van der Waals surface area contributed by atoms with Crippen LogP contribution in [0.1, 0.15) is 29.1 Å². The Morgan fingerprint density at radius 1 is 1.52 bits per heavy atom. The summed E-state index contributed by atoms with van der Waals surface area (Å²) in [6, 6.07) is 4.34. The number of hydrogen-bond acceptors (Lipinski definition) is 5. The molecule has 0 saturated heterocycles. The van der Waals surface area contributed by atoms with Crippen molar-refractivity contribution in [2.75, 3.05) is 5.32 Å². The van der Waals surface area contributed by atoms with E-state index in [4.69, 9.17) is 9.52 Å². The Morgan fingerprint density at radius 3 is 2.76 bits per heavy atom. The number of carboxylic acids is 1. The fourth-order valence-corrected chi connectivity index (χ4v) is 1.84. The molecular formula is C13H11FN2O5. The van der Waals surface area contributed by atoms with Gasteiger partial charge in [-0.05, 0) is 25.1 Å². The molecule has 8 heteroatoms. The van der Waals surface area contributed by atoms with E-state index in [1.807, 2.05) is 0 Å². The molecule has 0 amide bonds. The Bertz CT molecular complexity index is 684. The maximum absolute atomic E-state index is 13.5. The SMILES string of the molecule is CC(Nc1cc(C(=O)O)c(F)cc1[N+](=O)[O-])c1ccco1. The molecule has 1 aromatic carbocycles. The number of nitro groups is 1. The second-order valence-electron chi connectivity index (χ2n) is 4.29. The highest BCUT2D eigenvalue weighted by Crippen LogP contribution is 2.31. The van der Waals surface area contributed by atoms with Crippen molar-refractivity contribution in [2.24, 2.45) is 0 Å². The van der Waals surface area contributed by atoms with Crippen molar-refractivity contribution in [1.29, 1.82) is 0 Å². The molecule has 0 bridgehead atoms. The molecule has 2 N–H and O–H groups in total. The number of anilines is 1. The van der Waals surface area contributed by atoms with Crippen LogP contribution in [-0.2, 0) is 0 Å². The number of benzene rings is 1. The summed E-state index contributed by atoms with van der Waals surface area (Å²) >= 11 is 0. The summed E-state index contributed by atoms with van der Waals surface area (Å²) in [6.45, 7) is 1.67. The first-order chi connectivity index (χ1) is 9.90. The zero-order valence-electron chi connectivity index (χ0n) is 10.9. The number of aromatic carboxylic acids is 1. The summed E-state index contributed by atoms with van der Waals surface area (Å²) in [5.74, 6) is -2.16. The van der Waals surface area contributed by atoms with Gasteiger partial charge in [0.15, 0.2) is 0 Å². The predicted molar refractivity (Wildman–Crippen MR) is 70.8 cm³/mol. The standard InChI is InChI=1S/C13H11FN2O5/c1-7(12-3-2-4-21-12)15-10-5-8(13(17)18)9(14)6-11(10)16(19)20/h2-7,15H,1H3,(H,17,18). The summed E-state index contributed by atoms with van der Waals surface area (Å²) < 4.78 is 18.7. The van der Waals surface area contributed by atoms with E-state index in [1.165, 1.54) is 6.26 Å². The van der Waals surface area contributed by atoms with Crippen LogP contribution < -0.4 is 5.32 Å². The molecule has 0 saturated carbocycles. The number of hydrogen-bond donors (Lipinski definition) is 2. The predicted octanol–water partition coefficient (Wildman–Crippen LogP) is 3.20. The van der Waals surface area contributed by atoms with Gasteiger partial charge in [-0.1, -0.05) is 0 Å². The smallest absolute Gasteiger partial charge is 0.338 e. The van der Waals surface area contributed by atoms with E-state index < -0.39 is 34.0 Å². The third kappa shape index (κ3) is 2.99. The van der Waals surface area contributed by atoms with E-state index in [9.17, 15) is 19.3 Å². The fourth-order valence-electron chi connectivity index (χ4n) is 1.84. The first-order valence-electron chi connectivity index (χ1n) is 5.91. The number of carbonyl (C=O) groups is 1. The number of carboxylic acid groups (broad SMARTS) is 1. The zero-order valence-corrected chi connectivity index (χ0v) is 10.9. The van der Waals surface area contributed by atoms with Gasteiger partial charge in [-0.25, -0.2) is 9.18 Å². The second-order valence-corrected chi connectivity index (χ2v) is 4.29. The lowest BCUT2D eigenvalue weighted by atomic mass is 10.1. The van der Waals surface area contributed by atoms with Crippen molar-refractivity contribution >= 4 is 17.3 Å². The minimum Gasteiger partial charge on any atom is -0.478 e. The van der Waals surface area contributed by atoms with Crippen molar-refractivity contribution in [3.63, 3.8) is 0 Å². The van der Waals surface area contributed by atoms with E-state index in [0.717, 1.165) is 6.07 Å². The molecular weight excluding hydrogens is 283 g/mol. The van der Waals surface area contributed by atoms with Crippen LogP contribution in [0, 0.1) is 15.9 Å². The Balaban J connectivity index is 2.42. The molecule has 1 aromatic heterocycles. The molecule has 0 spiro atoms. The highest BCUT2D eigenvalue weighted by molar-refractivity contribution is 5.90. The molecule has 21 heavy (non-hydrogen) atoms. The lowest BCUT2D eigenvalue weighted by molar-refractivity contribution is -0.384. The average Bonchev–Trinajstić information content (AvgIpc) is 2.93. The van der Waals surface area contributed by atoms with Crippen LogP contribution in [-0.4, -0.2) is 16.0 Å². The van der Waals surface area contributed by atoms with Gasteiger partial charge in [0, 0.05) is 0 Å². The summed E-state index contributed by atoms with van der Waals surface area (Å²) in [5.41, 5.74) is -1.28. The summed E-state index contributed by atoms with van der Waals surface area (Å²) in [7, 11) is 0. The molecule has 2 aromatic rings. The molecule has 0 fully saturated rings. The van der Waals surface area contributed by atoms with Crippen molar-refractivity contribution in [3.8, 4) is 0 Å². The second kappa shape index (κ2) is 5.61. The quantitative estimate of drug-likeness (QED) is 0.648. The van der Waals surface area contributed by atoms with Crippen LogP contribution in [0.5, 0.6) is 0 Å². The molecule has 7 nitrogen and oxygen atoms in total. The van der Waals surface area contributed by atoms with Gasteiger partial charge in [-0.3, -0.25) is 10.1 Å². The van der Waals surface area contributed by atoms with Gasteiger partial charge < -0.3 is 14.8 Å². The monoisotopic (exact) mass is 294 g/mol. The molecule has 0 radical (unpaired) electrons. The van der Waals surface area contributed by atoms with Crippen molar-refractivity contribution in [1.82, 2.24) is 0 Å². The Hall–Kier alpha value is -2.90. The number of furan rings is 1. The van der Waals surface area contributed by atoms with E-state index in [-0.39, 0.29) is 5.69 Å². The fraction of sp³-hybridized carbons (Fsp3) is 0.154. The molecule has 0 aliphatic carbocycles. The van der Waals surface area contributed by atoms with E-state index in [2.05, 4.69) is 5.32 Å². The van der Waals surface area contributed by atoms with Crippen LogP contribution in [0.25, 0.3) is 0 Å². The van der Waals surface area contributed by atoms with Gasteiger partial charge in [-0.2, -0.15) is 0 Å². The highest BCUT2D eigenvalue weighted by atomic mass is 19.1. The molecule has 2 rings (SSSR count). The maximum Gasteiger partial charge on any atom is 0.338 e. The number of nitro benzene ring substituents is 1. The van der Waals surface area contributed by atoms with E-state index in [1.54, 1.807) is 19.1 Å². The first-order valence-corrected chi connectivity index (χ1v) is 5.91. The average molecular weight is 294 g/mol. The van der Waals surface area contributed by atoms with Gasteiger partial charge in [-0.15, -0.1) is 0 Å². The Labute approximate surface area is 118 Å². The molecule has 1 unspecified atom stereocenters. The number of nitrogens with zero attached hydrogens (tertiary/aromatic N) is 1. The Kier molecular flexibility index (Phi) is 3.88. The molecule has 110 valence electrons. The van der Waals surface area contributed by atoms with Gasteiger partial charge in [0.25, 0.3) is 5.69 Å². The zero-order chi connectivity index (χ0) is 15.6. The largest absolute Gasteiger partial charge is 0.478 e. The van der Waals surface area contributed by atoms with E-state index in [0.29, 0.717) is 11.8 Å². The summed E-state index contributed by atoms with van der Waals surface area (Å²) in [5, 5.41) is 22.6. The van der Waals surface area contributed by atoms with Gasteiger partial charge in [0.2, 0.25) is 0 Å². The summed E-state index contributed by atoms with van der Waals surface area (Å²) in [4.78, 5) is 21.1. The van der Waals surface area contributed by atoms with Gasteiger partial charge >= 0.3 is 5.97 Å². The third-order valence-electron chi connectivity index (χ3n) is 2.85. The van der Waals surface area contributed by atoms with Gasteiger partial charge in [0.1, 0.15) is 17.3 Å². The lowest BCUT2D eigenvalue weighted by Crippen LogP contribution is -2.10. The normalized spacial score (nSPS) is 11.9. The molecule has 0 aliphatic heterocycles. The summed E-state index contributed by atoms with van der Waals surface area (Å²) in [6.07, 6.45) is 1.44. The highest BCUT2D eigenvalue weighted by Gasteiger charge is 2.23. The van der Waals surface area contributed by atoms with Gasteiger partial charge in [0.05, 0.1) is 28.9 Å². The molecule has 1 heterocycles. The number of nitrogens with one attached hydrogen (secondary N) is 1. The van der Waals surface area contributed by atoms with Crippen molar-refractivity contribution in [2.45, 2.75) is 13.0 Å². The van der Waals surface area contributed by atoms with Crippen LogP contribution in [0.15, 0.2) is 34.9 Å². The van der Waals surface area contributed by atoms with E-state index >= 15 is 0 Å². The van der Waals surface area contributed by atoms with Crippen molar-refractivity contribution in [3.05, 3.63) is 57.8 Å². The Morgan fingerprint density at radius 2 is 2.24 bits per heavy atom. The topological polar surface area (TPSA) is 106 Å². The van der Waals surface area contributed by atoms with Crippen LogP contribution >= 0.6 is 0 Å². The van der Waals surface area contributed by atoms with Crippen LogP contribution in [0.3, 0.4) is 0 Å². The minimum absolute atomic E-state index is 0.0947. The molecule has 0 aliphatic rings. The third-order valence-corrected chi connectivity index (χ3v) is 2.85. The van der Waals surface area contributed by atoms with Crippen molar-refractivity contribution < 1.29 is 23.6 Å². The maximum atomic E-state index is 13.5. The minimum atomic E-state index is -1.50.